The van der Waals surface area contributed by atoms with Crippen molar-refractivity contribution in [1.82, 2.24) is 0 Å². The number of carbonyl (C=O) groups excluding carboxylic acids is 1. The van der Waals surface area contributed by atoms with Crippen LogP contribution >= 0.6 is 0 Å². The molecule has 1 saturated carbocycles. The average molecular weight is 291 g/mol. The molecule has 1 fully saturated rings. The second-order valence-corrected chi connectivity index (χ2v) is 5.28. The zero-order chi connectivity index (χ0) is 14.9. The first-order valence-electron chi connectivity index (χ1n) is 7.76. The number of unbranched alkanes of at least 4 members (excludes halogenated alkanes) is 1. The minimum Gasteiger partial charge on any atom is -0.494 e. The molecule has 115 valence electrons. The first-order valence-corrected chi connectivity index (χ1v) is 7.76. The number of carbonyl (C=O) groups is 1. The molecular formula is C17H23O4. The Labute approximate surface area is 126 Å². The third-order valence-electron chi connectivity index (χ3n) is 3.50. The normalized spacial score (nSPS) is 15.7. The molecule has 1 aliphatic rings. The molecule has 0 atom stereocenters. The van der Waals surface area contributed by atoms with Crippen LogP contribution in [0.25, 0.3) is 0 Å². The molecule has 4 nitrogen and oxygen atoms in total. The maximum atomic E-state index is 11.9. The highest BCUT2D eigenvalue weighted by Gasteiger charge is 2.18. The van der Waals surface area contributed by atoms with E-state index in [9.17, 15) is 4.79 Å². The van der Waals surface area contributed by atoms with Crippen molar-refractivity contribution in [2.45, 2.75) is 51.9 Å². The lowest BCUT2D eigenvalue weighted by Gasteiger charge is -2.18. The van der Waals surface area contributed by atoms with E-state index in [-0.39, 0.29) is 0 Å². The highest BCUT2D eigenvalue weighted by atomic mass is 17.2. The van der Waals surface area contributed by atoms with Gasteiger partial charge in [0.25, 0.3) is 0 Å². The van der Waals surface area contributed by atoms with Crippen molar-refractivity contribution < 1.29 is 19.3 Å². The Kier molecular flexibility index (Phi) is 6.54. The number of ether oxygens (including phenoxy) is 1. The molecule has 0 heterocycles. The van der Waals surface area contributed by atoms with Gasteiger partial charge in [0.05, 0.1) is 12.2 Å². The third-order valence-corrected chi connectivity index (χ3v) is 3.50. The van der Waals surface area contributed by atoms with Gasteiger partial charge in [0.15, 0.2) is 0 Å². The molecule has 0 aliphatic heterocycles. The maximum Gasteiger partial charge on any atom is 0.373 e. The van der Waals surface area contributed by atoms with E-state index in [2.05, 4.69) is 6.92 Å². The lowest BCUT2D eigenvalue weighted by molar-refractivity contribution is -0.239. The van der Waals surface area contributed by atoms with Crippen molar-refractivity contribution in [3.05, 3.63) is 35.9 Å². The van der Waals surface area contributed by atoms with Crippen LogP contribution in [0.15, 0.2) is 24.3 Å². The molecule has 1 aliphatic carbocycles. The van der Waals surface area contributed by atoms with E-state index >= 15 is 0 Å². The lowest BCUT2D eigenvalue weighted by atomic mass is 9.98. The van der Waals surface area contributed by atoms with Gasteiger partial charge in [-0.25, -0.2) is 4.79 Å². The Morgan fingerprint density at radius 2 is 1.81 bits per heavy atom. The first kappa shape index (κ1) is 15.8. The molecule has 0 N–H and O–H groups in total. The van der Waals surface area contributed by atoms with Crippen LogP contribution in [0.4, 0.5) is 0 Å². The van der Waals surface area contributed by atoms with Crippen LogP contribution in [0.3, 0.4) is 0 Å². The summed E-state index contributed by atoms with van der Waals surface area (Å²) in [4.78, 5) is 21.9. The predicted octanol–water partition coefficient (Wildman–Crippen LogP) is 4.45. The van der Waals surface area contributed by atoms with E-state index < -0.39 is 5.97 Å². The Hall–Kier alpha value is -1.55. The summed E-state index contributed by atoms with van der Waals surface area (Å²) in [5.41, 5.74) is 0.467. The molecule has 1 aromatic rings. The summed E-state index contributed by atoms with van der Waals surface area (Å²) in [5, 5.41) is 0. The van der Waals surface area contributed by atoms with Crippen molar-refractivity contribution >= 4 is 5.97 Å². The second kappa shape index (κ2) is 8.67. The Morgan fingerprint density at radius 3 is 2.48 bits per heavy atom. The summed E-state index contributed by atoms with van der Waals surface area (Å²) in [5.74, 6) is 0.302. The zero-order valence-electron chi connectivity index (χ0n) is 12.6. The van der Waals surface area contributed by atoms with Gasteiger partial charge in [-0.1, -0.05) is 32.6 Å². The van der Waals surface area contributed by atoms with Crippen molar-refractivity contribution in [1.29, 1.82) is 0 Å². The summed E-state index contributed by atoms with van der Waals surface area (Å²) in [6.45, 7) is 2.81. The van der Waals surface area contributed by atoms with Gasteiger partial charge in [-0.2, -0.15) is 4.89 Å². The van der Waals surface area contributed by atoms with Crippen LogP contribution in [0.2, 0.25) is 0 Å². The van der Waals surface area contributed by atoms with E-state index in [0.29, 0.717) is 12.2 Å². The molecule has 2 rings (SSSR count). The Balaban J connectivity index is 1.76. The van der Waals surface area contributed by atoms with Crippen LogP contribution in [-0.4, -0.2) is 12.6 Å². The molecule has 0 saturated heterocycles. The number of hydrogen-bond acceptors (Lipinski definition) is 4. The second-order valence-electron chi connectivity index (χ2n) is 5.28. The molecule has 1 aromatic carbocycles. The van der Waals surface area contributed by atoms with E-state index in [1.165, 1.54) is 6.42 Å². The summed E-state index contributed by atoms with van der Waals surface area (Å²) < 4.78 is 5.55. The van der Waals surface area contributed by atoms with Gasteiger partial charge in [0.1, 0.15) is 11.9 Å². The fourth-order valence-corrected chi connectivity index (χ4v) is 2.20. The fourth-order valence-electron chi connectivity index (χ4n) is 2.20. The third kappa shape index (κ3) is 5.38. The van der Waals surface area contributed by atoms with Crippen LogP contribution in [-0.2, 0) is 9.78 Å². The van der Waals surface area contributed by atoms with Crippen molar-refractivity contribution in [2.75, 3.05) is 6.61 Å². The highest BCUT2D eigenvalue weighted by Crippen LogP contribution is 2.26. The summed E-state index contributed by atoms with van der Waals surface area (Å²) >= 11 is 0. The van der Waals surface area contributed by atoms with Crippen LogP contribution in [0.1, 0.15) is 62.2 Å². The van der Waals surface area contributed by atoms with Crippen molar-refractivity contribution in [2.24, 2.45) is 0 Å². The van der Waals surface area contributed by atoms with Crippen LogP contribution in [0, 0.1) is 6.10 Å². The minimum absolute atomic E-state index is 0.465. The predicted molar refractivity (Wildman–Crippen MR) is 79.7 cm³/mol. The summed E-state index contributed by atoms with van der Waals surface area (Å²) in [7, 11) is 0. The highest BCUT2D eigenvalue weighted by molar-refractivity contribution is 5.89. The lowest BCUT2D eigenvalue weighted by Crippen LogP contribution is -2.13. The van der Waals surface area contributed by atoms with Gasteiger partial charge in [-0.3, -0.25) is 4.89 Å². The summed E-state index contributed by atoms with van der Waals surface area (Å²) in [6, 6.07) is 6.94. The minimum atomic E-state index is -0.465. The molecular weight excluding hydrogens is 268 g/mol. The van der Waals surface area contributed by atoms with Crippen LogP contribution < -0.4 is 4.74 Å². The number of benzene rings is 1. The van der Waals surface area contributed by atoms with Gasteiger partial charge in [-0.15, -0.1) is 0 Å². The topological polar surface area (TPSA) is 44.8 Å². The van der Waals surface area contributed by atoms with Crippen LogP contribution in [0.5, 0.6) is 5.75 Å². The Morgan fingerprint density at radius 1 is 1.10 bits per heavy atom. The zero-order valence-corrected chi connectivity index (χ0v) is 12.6. The number of rotatable bonds is 7. The largest absolute Gasteiger partial charge is 0.494 e. The van der Waals surface area contributed by atoms with Gasteiger partial charge in [0, 0.05) is 0 Å². The molecule has 21 heavy (non-hydrogen) atoms. The molecule has 0 bridgehead atoms. The molecule has 0 amide bonds. The van der Waals surface area contributed by atoms with E-state index in [0.717, 1.165) is 50.4 Å². The van der Waals surface area contributed by atoms with Gasteiger partial charge in [-0.05, 0) is 43.5 Å². The molecule has 4 heteroatoms. The first-order chi connectivity index (χ1) is 10.3. The fraction of sp³-hybridized carbons (Fsp3) is 0.529. The molecule has 0 spiro atoms. The van der Waals surface area contributed by atoms with Gasteiger partial charge >= 0.3 is 5.97 Å². The molecule has 0 unspecified atom stereocenters. The van der Waals surface area contributed by atoms with Gasteiger partial charge in [0.2, 0.25) is 0 Å². The van der Waals surface area contributed by atoms with E-state index in [4.69, 9.17) is 14.5 Å². The van der Waals surface area contributed by atoms with Crippen molar-refractivity contribution in [3.8, 4) is 5.75 Å². The maximum absolute atomic E-state index is 11.9. The molecule has 0 aromatic heterocycles. The van der Waals surface area contributed by atoms with E-state index in [1.54, 1.807) is 24.3 Å². The monoisotopic (exact) mass is 291 g/mol. The quantitative estimate of drug-likeness (QED) is 0.423. The SMILES string of the molecule is CCCCOc1ccc(C(=O)OO[C]2CCCCC2)cc1. The standard InChI is InChI=1S/C17H23O4/c1-2-3-13-19-15-11-9-14(10-12-15)17(18)21-20-16-7-5-4-6-8-16/h9-12H,2-8,13H2,1H3. The Bertz CT molecular complexity index is 421. The number of hydrogen-bond donors (Lipinski definition) is 0. The smallest absolute Gasteiger partial charge is 0.373 e. The average Bonchev–Trinajstić information content (AvgIpc) is 2.54. The van der Waals surface area contributed by atoms with E-state index in [1.807, 2.05) is 0 Å². The van der Waals surface area contributed by atoms with Gasteiger partial charge < -0.3 is 4.74 Å². The van der Waals surface area contributed by atoms with Crippen molar-refractivity contribution in [3.63, 3.8) is 0 Å². The summed E-state index contributed by atoms with van der Waals surface area (Å²) in [6.07, 6.45) is 8.20. The molecule has 1 radical (unpaired) electrons.